The molecule has 0 N–H and O–H groups in total. The molecule has 0 unspecified atom stereocenters. The third kappa shape index (κ3) is 4.53. The second kappa shape index (κ2) is 9.81. The lowest BCUT2D eigenvalue weighted by atomic mass is 10.0. The van der Waals surface area contributed by atoms with E-state index >= 15 is 0 Å². The van der Waals surface area contributed by atoms with E-state index < -0.39 is 11.5 Å². The number of hydrogen-bond acceptors (Lipinski definition) is 8. The fourth-order valence-electron chi connectivity index (χ4n) is 4.51. The zero-order chi connectivity index (χ0) is 26.1. The summed E-state index contributed by atoms with van der Waals surface area (Å²) in [6.07, 6.45) is 7.53. The Bertz CT molecular complexity index is 1540. The topological polar surface area (TPSA) is 109 Å². The minimum Gasteiger partial charge on any atom is -0.349 e. The Labute approximate surface area is 213 Å². The quantitative estimate of drug-likeness (QED) is 0.412. The molecule has 0 bridgehead atoms. The van der Waals surface area contributed by atoms with E-state index in [2.05, 4.69) is 49.8 Å². The number of pyridine rings is 1. The van der Waals surface area contributed by atoms with Crippen molar-refractivity contribution in [3.05, 3.63) is 76.6 Å². The Balaban J connectivity index is 1.37. The predicted octanol–water partition coefficient (Wildman–Crippen LogP) is 2.71. The van der Waals surface area contributed by atoms with Crippen LogP contribution in [0.3, 0.4) is 0 Å². The normalized spacial score (nSPS) is 15.6. The van der Waals surface area contributed by atoms with Crippen LogP contribution in [0.2, 0.25) is 0 Å². The zero-order valence-corrected chi connectivity index (χ0v) is 20.8. The summed E-state index contributed by atoms with van der Waals surface area (Å²) < 4.78 is 17.2. The third-order valence-corrected chi connectivity index (χ3v) is 6.63. The molecule has 188 valence electrons. The van der Waals surface area contributed by atoms with Crippen molar-refractivity contribution in [1.29, 1.82) is 5.26 Å². The van der Waals surface area contributed by atoms with Crippen LogP contribution in [0.25, 0.3) is 16.8 Å². The number of nitriles is 1. The molecular weight excluding hydrogens is 473 g/mol. The minimum atomic E-state index is -0.575. The second-order valence-electron chi connectivity index (χ2n) is 9.01. The molecule has 3 aromatic heterocycles. The van der Waals surface area contributed by atoms with Crippen molar-refractivity contribution in [2.75, 3.05) is 29.4 Å². The lowest BCUT2D eigenvalue weighted by Crippen LogP contribution is -2.53. The summed E-state index contributed by atoms with van der Waals surface area (Å²) in [4.78, 5) is 30.0. The van der Waals surface area contributed by atoms with Crippen LogP contribution in [0, 0.1) is 17.1 Å². The summed E-state index contributed by atoms with van der Waals surface area (Å²) in [6.45, 7) is 6.20. The van der Waals surface area contributed by atoms with Crippen LogP contribution in [0.4, 0.5) is 16.2 Å². The van der Waals surface area contributed by atoms with Crippen molar-refractivity contribution in [1.82, 2.24) is 29.3 Å². The Morgan fingerprint density at radius 1 is 1.11 bits per heavy atom. The molecule has 10 nitrogen and oxygen atoms in total. The van der Waals surface area contributed by atoms with Gasteiger partial charge >= 0.3 is 5.69 Å². The molecule has 0 saturated carbocycles. The molecule has 4 heterocycles. The van der Waals surface area contributed by atoms with Gasteiger partial charge in [0, 0.05) is 56.9 Å². The van der Waals surface area contributed by atoms with E-state index in [1.807, 2.05) is 12.4 Å². The highest BCUT2D eigenvalue weighted by atomic mass is 19.1. The molecule has 11 heteroatoms. The number of hydrogen-bond donors (Lipinski definition) is 0. The van der Waals surface area contributed by atoms with Gasteiger partial charge in [-0.05, 0) is 42.7 Å². The number of nitrogens with zero attached hydrogens (tertiary/aromatic N) is 9. The Morgan fingerprint density at radius 3 is 2.51 bits per heavy atom. The molecular formula is C26H26FN9O. The van der Waals surface area contributed by atoms with Crippen molar-refractivity contribution in [2.45, 2.75) is 26.3 Å². The molecule has 5 rings (SSSR count). The molecule has 4 aromatic rings. The van der Waals surface area contributed by atoms with Crippen LogP contribution in [0.15, 0.2) is 54.0 Å². The summed E-state index contributed by atoms with van der Waals surface area (Å²) >= 11 is 0. The molecule has 0 aliphatic carbocycles. The van der Waals surface area contributed by atoms with Crippen LogP contribution in [-0.2, 0) is 13.5 Å². The largest absolute Gasteiger partial charge is 0.350 e. The number of aryl methyl sites for hydroxylation is 2. The van der Waals surface area contributed by atoms with Gasteiger partial charge in [-0.15, -0.1) is 0 Å². The maximum Gasteiger partial charge on any atom is 0.350 e. The van der Waals surface area contributed by atoms with Crippen LogP contribution < -0.4 is 15.5 Å². The number of benzene rings is 1. The highest BCUT2D eigenvalue weighted by molar-refractivity contribution is 5.69. The lowest BCUT2D eigenvalue weighted by molar-refractivity contribution is 0.538. The van der Waals surface area contributed by atoms with E-state index in [1.165, 1.54) is 25.5 Å². The molecule has 1 aliphatic rings. The lowest BCUT2D eigenvalue weighted by Gasteiger charge is -2.40. The maximum absolute atomic E-state index is 14.9. The van der Waals surface area contributed by atoms with Gasteiger partial charge in [0.05, 0.1) is 11.3 Å². The van der Waals surface area contributed by atoms with Gasteiger partial charge < -0.3 is 9.80 Å². The van der Waals surface area contributed by atoms with E-state index in [9.17, 15) is 14.4 Å². The standard InChI is InChI=1S/C26H26FN9O/c1-4-18-12-30-25(31-13-18)34-7-8-35(17(2)15-34)24-20(11-28)9-21(14-29-24)19-5-6-23(22(27)10-19)36-16-32-33(3)26(36)37/h5-6,9-10,12-14,16-17H,4,7-8,15H2,1-3H3/t17-/m0/s1. The number of rotatable bonds is 5. The molecule has 1 atom stereocenters. The smallest absolute Gasteiger partial charge is 0.349 e. The van der Waals surface area contributed by atoms with Gasteiger partial charge in [0.1, 0.15) is 24.0 Å². The van der Waals surface area contributed by atoms with Gasteiger partial charge in [-0.1, -0.05) is 13.0 Å². The average Bonchev–Trinajstić information content (AvgIpc) is 3.25. The zero-order valence-electron chi connectivity index (χ0n) is 20.8. The molecule has 37 heavy (non-hydrogen) atoms. The monoisotopic (exact) mass is 499 g/mol. The van der Waals surface area contributed by atoms with Gasteiger partial charge in [-0.3, -0.25) is 0 Å². The van der Waals surface area contributed by atoms with Gasteiger partial charge in [-0.2, -0.15) is 10.4 Å². The molecule has 1 aliphatic heterocycles. The van der Waals surface area contributed by atoms with Crippen LogP contribution in [0.1, 0.15) is 25.0 Å². The van der Waals surface area contributed by atoms with Crippen molar-refractivity contribution in [2.24, 2.45) is 7.05 Å². The van der Waals surface area contributed by atoms with E-state index in [4.69, 9.17) is 0 Å². The number of piperazine rings is 1. The molecule has 1 fully saturated rings. The molecule has 0 radical (unpaired) electrons. The first-order chi connectivity index (χ1) is 17.9. The predicted molar refractivity (Wildman–Crippen MR) is 137 cm³/mol. The highest BCUT2D eigenvalue weighted by Gasteiger charge is 2.28. The summed E-state index contributed by atoms with van der Waals surface area (Å²) in [6, 6.07) is 8.59. The molecule has 1 aromatic carbocycles. The Morgan fingerprint density at radius 2 is 1.89 bits per heavy atom. The maximum atomic E-state index is 14.9. The SMILES string of the molecule is CCc1cnc(N2CCN(c3ncc(-c4ccc(-n5cnn(C)c5=O)c(F)c4)cc3C#N)[C@@H](C)C2)nc1. The summed E-state index contributed by atoms with van der Waals surface area (Å²) in [5.41, 5.74) is 2.34. The molecule has 0 spiro atoms. The number of halogens is 1. The Hall–Kier alpha value is -4.59. The third-order valence-electron chi connectivity index (χ3n) is 6.63. The van der Waals surface area contributed by atoms with E-state index in [1.54, 1.807) is 18.3 Å². The van der Waals surface area contributed by atoms with Gasteiger partial charge in [0.2, 0.25) is 5.95 Å². The fourth-order valence-corrected chi connectivity index (χ4v) is 4.51. The Kier molecular flexibility index (Phi) is 6.40. The van der Waals surface area contributed by atoms with Crippen LogP contribution >= 0.6 is 0 Å². The summed E-state index contributed by atoms with van der Waals surface area (Å²) in [5, 5.41) is 13.8. The van der Waals surface area contributed by atoms with Crippen LogP contribution in [-0.4, -0.2) is 55.0 Å². The first-order valence-electron chi connectivity index (χ1n) is 12.0. The first-order valence-corrected chi connectivity index (χ1v) is 12.0. The van der Waals surface area contributed by atoms with Crippen molar-refractivity contribution in [3.63, 3.8) is 0 Å². The van der Waals surface area contributed by atoms with E-state index in [-0.39, 0.29) is 11.7 Å². The van der Waals surface area contributed by atoms with Crippen molar-refractivity contribution >= 4 is 11.8 Å². The fraction of sp³-hybridized carbons (Fsp3) is 0.308. The van der Waals surface area contributed by atoms with Gasteiger partial charge in [0.15, 0.2) is 0 Å². The second-order valence-corrected chi connectivity index (χ2v) is 9.01. The van der Waals surface area contributed by atoms with Gasteiger partial charge in [-0.25, -0.2) is 33.4 Å². The first kappa shape index (κ1) is 24.1. The average molecular weight is 500 g/mol. The van der Waals surface area contributed by atoms with Crippen molar-refractivity contribution < 1.29 is 4.39 Å². The van der Waals surface area contributed by atoms with Crippen LogP contribution in [0.5, 0.6) is 0 Å². The molecule has 0 amide bonds. The van der Waals surface area contributed by atoms with Crippen molar-refractivity contribution in [3.8, 4) is 22.9 Å². The molecule has 1 saturated heterocycles. The highest BCUT2D eigenvalue weighted by Crippen LogP contribution is 2.29. The van der Waals surface area contributed by atoms with Gasteiger partial charge in [0.25, 0.3) is 0 Å². The van der Waals surface area contributed by atoms with E-state index in [0.29, 0.717) is 48.1 Å². The summed E-state index contributed by atoms with van der Waals surface area (Å²) in [7, 11) is 1.50. The minimum absolute atomic E-state index is 0.0724. The summed E-state index contributed by atoms with van der Waals surface area (Å²) in [5.74, 6) is 0.723. The number of aromatic nitrogens is 6. The van der Waals surface area contributed by atoms with E-state index in [0.717, 1.165) is 21.2 Å². The number of anilines is 2.